The largest absolute Gasteiger partial charge is 0.336 e. The van der Waals surface area contributed by atoms with E-state index in [1.165, 1.54) is 0 Å². The first-order chi connectivity index (χ1) is 7.37. The molecule has 0 saturated heterocycles. The smallest absolute Gasteiger partial charge is 0.255 e. The lowest BCUT2D eigenvalue weighted by Crippen LogP contribution is -2.42. The summed E-state index contributed by atoms with van der Waals surface area (Å²) in [6.07, 6.45) is 6.17. The zero-order chi connectivity index (χ0) is 12.3. The van der Waals surface area contributed by atoms with Crippen LogP contribution in [0.2, 0.25) is 0 Å². The number of carbonyl (C=O) groups is 1. The summed E-state index contributed by atoms with van der Waals surface area (Å²) in [7, 11) is 0. The Balaban J connectivity index is 2.99. The summed E-state index contributed by atoms with van der Waals surface area (Å²) in [6.45, 7) is 3.14. The number of terminal acetylenes is 1. The van der Waals surface area contributed by atoms with Crippen molar-refractivity contribution in [2.45, 2.75) is 19.4 Å². The Morgan fingerprint density at radius 3 is 2.75 bits per heavy atom. The Bertz CT molecular complexity index is 464. The van der Waals surface area contributed by atoms with Gasteiger partial charge in [-0.2, -0.15) is 4.39 Å². The van der Waals surface area contributed by atoms with Crippen LogP contribution >= 0.6 is 0 Å². The second-order valence-electron chi connectivity index (χ2n) is 3.69. The van der Waals surface area contributed by atoms with Crippen LogP contribution < -0.4 is 5.32 Å². The predicted octanol–water partition coefficient (Wildman–Crippen LogP) is 1.50. The lowest BCUT2D eigenvalue weighted by molar-refractivity contribution is 0.0924. The number of halogens is 2. The molecule has 1 N–H and O–H groups in total. The third kappa shape index (κ3) is 2.54. The van der Waals surface area contributed by atoms with E-state index in [4.69, 9.17) is 6.42 Å². The minimum Gasteiger partial charge on any atom is -0.336 e. The summed E-state index contributed by atoms with van der Waals surface area (Å²) < 4.78 is 25.9. The number of amides is 1. The van der Waals surface area contributed by atoms with Crippen molar-refractivity contribution in [2.24, 2.45) is 0 Å². The van der Waals surface area contributed by atoms with E-state index in [0.29, 0.717) is 0 Å². The number of pyridine rings is 1. The van der Waals surface area contributed by atoms with Crippen molar-refractivity contribution in [3.63, 3.8) is 0 Å². The molecule has 0 saturated carbocycles. The fraction of sp³-hybridized carbons (Fsp3) is 0.273. The van der Waals surface area contributed by atoms with Gasteiger partial charge in [-0.15, -0.1) is 6.42 Å². The fourth-order valence-corrected chi connectivity index (χ4v) is 0.981. The van der Waals surface area contributed by atoms with E-state index in [9.17, 15) is 13.6 Å². The summed E-state index contributed by atoms with van der Waals surface area (Å²) in [5, 5.41) is 2.38. The van der Waals surface area contributed by atoms with Gasteiger partial charge in [0.2, 0.25) is 5.95 Å². The molecule has 1 amide bonds. The molecule has 1 heterocycles. The van der Waals surface area contributed by atoms with Gasteiger partial charge >= 0.3 is 0 Å². The van der Waals surface area contributed by atoms with Crippen LogP contribution in [0.1, 0.15) is 24.2 Å². The van der Waals surface area contributed by atoms with Crippen molar-refractivity contribution < 1.29 is 13.6 Å². The quantitative estimate of drug-likeness (QED) is 0.611. The minimum atomic E-state index is -1.31. The SMILES string of the molecule is C#CC(C)(C)NC(=O)c1ccnc(F)c1F. The van der Waals surface area contributed by atoms with Gasteiger partial charge in [0.25, 0.3) is 5.91 Å². The summed E-state index contributed by atoms with van der Waals surface area (Å²) in [5.41, 5.74) is -1.35. The Labute approximate surface area is 91.9 Å². The minimum absolute atomic E-state index is 0.421. The lowest BCUT2D eigenvalue weighted by atomic mass is 10.1. The van der Waals surface area contributed by atoms with Crippen molar-refractivity contribution in [1.29, 1.82) is 0 Å². The second-order valence-corrected chi connectivity index (χ2v) is 3.69. The Morgan fingerprint density at radius 1 is 1.56 bits per heavy atom. The third-order valence-electron chi connectivity index (χ3n) is 1.88. The van der Waals surface area contributed by atoms with Gasteiger partial charge in [-0.25, -0.2) is 9.37 Å². The van der Waals surface area contributed by atoms with Crippen LogP contribution in [0.15, 0.2) is 12.3 Å². The lowest BCUT2D eigenvalue weighted by Gasteiger charge is -2.19. The first-order valence-corrected chi connectivity index (χ1v) is 4.47. The molecule has 1 rings (SSSR count). The molecule has 0 aromatic carbocycles. The molecule has 3 nitrogen and oxygen atoms in total. The van der Waals surface area contributed by atoms with E-state index in [1.54, 1.807) is 13.8 Å². The molecule has 0 unspecified atom stereocenters. The standard InChI is InChI=1S/C11H10F2N2O/c1-4-11(2,3)15-10(16)7-5-6-14-9(13)8(7)12/h1,5-6H,2-3H3,(H,15,16). The third-order valence-corrected chi connectivity index (χ3v) is 1.88. The molecule has 0 atom stereocenters. The average molecular weight is 224 g/mol. The van der Waals surface area contributed by atoms with Crippen molar-refractivity contribution in [2.75, 3.05) is 0 Å². The van der Waals surface area contributed by atoms with Crippen LogP contribution in [0, 0.1) is 24.1 Å². The topological polar surface area (TPSA) is 42.0 Å². The van der Waals surface area contributed by atoms with Gasteiger partial charge < -0.3 is 5.32 Å². The summed E-state index contributed by atoms with van der Waals surface area (Å²) in [5.74, 6) is -1.06. The van der Waals surface area contributed by atoms with E-state index in [2.05, 4.69) is 16.2 Å². The normalized spacial score (nSPS) is 10.7. The average Bonchev–Trinajstić information content (AvgIpc) is 2.21. The molecule has 0 aliphatic heterocycles. The van der Waals surface area contributed by atoms with Crippen molar-refractivity contribution in [3.05, 3.63) is 29.6 Å². The van der Waals surface area contributed by atoms with Gasteiger partial charge in [0, 0.05) is 6.20 Å². The van der Waals surface area contributed by atoms with Gasteiger partial charge in [-0.05, 0) is 19.9 Å². The second kappa shape index (κ2) is 4.27. The van der Waals surface area contributed by atoms with Crippen molar-refractivity contribution >= 4 is 5.91 Å². The summed E-state index contributed by atoms with van der Waals surface area (Å²) in [6, 6.07) is 1.08. The van der Waals surface area contributed by atoms with E-state index in [1.807, 2.05) is 0 Å². The first-order valence-electron chi connectivity index (χ1n) is 4.47. The molecule has 0 aliphatic rings. The molecule has 1 aromatic rings. The Kier molecular flexibility index (Phi) is 3.23. The number of carbonyl (C=O) groups excluding carboxylic acids is 1. The highest BCUT2D eigenvalue weighted by atomic mass is 19.2. The van der Waals surface area contributed by atoms with E-state index >= 15 is 0 Å². The molecule has 0 bridgehead atoms. The maximum atomic E-state index is 13.2. The number of rotatable bonds is 2. The number of hydrogen-bond donors (Lipinski definition) is 1. The van der Waals surface area contributed by atoms with Crippen molar-refractivity contribution in [3.8, 4) is 12.3 Å². The predicted molar refractivity (Wildman–Crippen MR) is 54.5 cm³/mol. The van der Waals surface area contributed by atoms with Gasteiger partial charge in [-0.1, -0.05) is 5.92 Å². The molecule has 0 radical (unpaired) electrons. The molecule has 84 valence electrons. The van der Waals surface area contributed by atoms with E-state index in [-0.39, 0.29) is 0 Å². The molecule has 0 spiro atoms. The van der Waals surface area contributed by atoms with Gasteiger partial charge in [0.05, 0.1) is 11.1 Å². The highest BCUT2D eigenvalue weighted by Gasteiger charge is 2.22. The van der Waals surface area contributed by atoms with Crippen LogP contribution in [0.4, 0.5) is 8.78 Å². The van der Waals surface area contributed by atoms with Gasteiger partial charge in [0.1, 0.15) is 0 Å². The Morgan fingerprint density at radius 2 is 2.19 bits per heavy atom. The molecule has 0 fully saturated rings. The maximum Gasteiger partial charge on any atom is 0.255 e. The fourth-order valence-electron chi connectivity index (χ4n) is 0.981. The molecular weight excluding hydrogens is 214 g/mol. The molecule has 5 heteroatoms. The van der Waals surface area contributed by atoms with Crippen LogP contribution in [0.3, 0.4) is 0 Å². The number of nitrogens with zero attached hydrogens (tertiary/aromatic N) is 1. The Hall–Kier alpha value is -1.96. The molecule has 0 aliphatic carbocycles. The zero-order valence-corrected chi connectivity index (χ0v) is 8.84. The number of nitrogens with one attached hydrogen (secondary N) is 1. The zero-order valence-electron chi connectivity index (χ0n) is 8.84. The molecule has 1 aromatic heterocycles. The van der Waals surface area contributed by atoms with E-state index in [0.717, 1.165) is 12.3 Å². The van der Waals surface area contributed by atoms with Crippen LogP contribution in [-0.4, -0.2) is 16.4 Å². The van der Waals surface area contributed by atoms with Crippen LogP contribution in [0.25, 0.3) is 0 Å². The van der Waals surface area contributed by atoms with Gasteiger partial charge in [-0.3, -0.25) is 4.79 Å². The monoisotopic (exact) mass is 224 g/mol. The maximum absolute atomic E-state index is 13.2. The van der Waals surface area contributed by atoms with E-state index < -0.39 is 28.8 Å². The summed E-state index contributed by atoms with van der Waals surface area (Å²) in [4.78, 5) is 14.6. The molecule has 16 heavy (non-hydrogen) atoms. The van der Waals surface area contributed by atoms with Crippen LogP contribution in [0.5, 0.6) is 0 Å². The highest BCUT2D eigenvalue weighted by molar-refractivity contribution is 5.95. The van der Waals surface area contributed by atoms with Gasteiger partial charge in [0.15, 0.2) is 5.82 Å². The van der Waals surface area contributed by atoms with Crippen molar-refractivity contribution in [1.82, 2.24) is 10.3 Å². The number of aromatic nitrogens is 1. The van der Waals surface area contributed by atoms with Crippen LogP contribution in [-0.2, 0) is 0 Å². The summed E-state index contributed by atoms with van der Waals surface area (Å²) >= 11 is 0. The molecular formula is C11H10F2N2O. The highest BCUT2D eigenvalue weighted by Crippen LogP contribution is 2.10. The first kappa shape index (κ1) is 12.1. The number of hydrogen-bond acceptors (Lipinski definition) is 2.